The van der Waals surface area contributed by atoms with Crippen molar-refractivity contribution >= 4 is 0 Å². The first-order valence-corrected chi connectivity index (χ1v) is 13.6. The normalized spacial score (nSPS) is 19.6. The fraction of sp³-hybridized carbons (Fsp3) is 0.438. The molecule has 0 aromatic heterocycles. The first kappa shape index (κ1) is 25.0. The van der Waals surface area contributed by atoms with Crippen LogP contribution in [-0.4, -0.2) is 42.6 Å². The van der Waals surface area contributed by atoms with Crippen molar-refractivity contribution in [3.05, 3.63) is 101 Å². The van der Waals surface area contributed by atoms with Gasteiger partial charge in [-0.15, -0.1) is 0 Å². The Balaban J connectivity index is 1.32. The highest BCUT2D eigenvalue weighted by molar-refractivity contribution is 5.33. The first-order valence-electron chi connectivity index (χ1n) is 13.6. The zero-order valence-corrected chi connectivity index (χ0v) is 21.4. The molecule has 0 amide bonds. The summed E-state index contributed by atoms with van der Waals surface area (Å²) in [6.07, 6.45) is 7.12. The molecule has 0 saturated carbocycles. The molecule has 3 aromatic rings. The van der Waals surface area contributed by atoms with Gasteiger partial charge >= 0.3 is 0 Å². The second-order valence-corrected chi connectivity index (χ2v) is 10.7. The number of fused-ring (bicyclic) bond motifs is 1. The molecule has 2 aliphatic heterocycles. The van der Waals surface area contributed by atoms with Gasteiger partial charge in [-0.25, -0.2) is 4.39 Å². The minimum atomic E-state index is -0.110. The second-order valence-electron chi connectivity index (χ2n) is 10.7. The molecule has 0 atom stereocenters. The van der Waals surface area contributed by atoms with Gasteiger partial charge in [0.05, 0.1) is 0 Å². The third kappa shape index (κ3) is 6.54. The van der Waals surface area contributed by atoms with Gasteiger partial charge in [0.1, 0.15) is 18.2 Å². The van der Waals surface area contributed by atoms with Crippen LogP contribution in [0.5, 0.6) is 5.75 Å². The van der Waals surface area contributed by atoms with Gasteiger partial charge in [0.2, 0.25) is 0 Å². The number of ether oxygens (including phenoxy) is 1. The van der Waals surface area contributed by atoms with E-state index >= 15 is 0 Å². The number of halogens is 1. The molecule has 3 nitrogen and oxygen atoms in total. The lowest BCUT2D eigenvalue weighted by Gasteiger charge is -2.45. The standard InChI is InChI=1S/C32H39FN2O/c33-30-15-6-4-14-29(30)25-35-22-23-36-31-16-7-5-12-28(31)13-8-9-17-32(26-35)18-20-34(21-19-32)24-27-10-2-1-3-11-27/h1-7,10-12,14-16H,8-9,13,17-26H2. The van der Waals surface area contributed by atoms with Crippen molar-refractivity contribution < 1.29 is 9.13 Å². The SMILES string of the molecule is Fc1ccccc1CN1CCOc2ccccc2CCCCC2(CCN(Cc3ccccc3)CC2)C1. The fourth-order valence-electron chi connectivity index (χ4n) is 6.02. The third-order valence-electron chi connectivity index (χ3n) is 8.12. The van der Waals surface area contributed by atoms with Crippen LogP contribution in [0.25, 0.3) is 0 Å². The van der Waals surface area contributed by atoms with Gasteiger partial charge in [0.25, 0.3) is 0 Å². The lowest BCUT2D eigenvalue weighted by molar-refractivity contribution is 0.0406. The lowest BCUT2D eigenvalue weighted by Crippen LogP contribution is -2.47. The van der Waals surface area contributed by atoms with Crippen molar-refractivity contribution in [1.29, 1.82) is 0 Å². The van der Waals surface area contributed by atoms with Crippen molar-refractivity contribution in [3.8, 4) is 5.75 Å². The molecule has 2 heterocycles. The van der Waals surface area contributed by atoms with E-state index in [-0.39, 0.29) is 11.2 Å². The summed E-state index contributed by atoms with van der Waals surface area (Å²) >= 11 is 0. The second kappa shape index (κ2) is 12.0. The maximum Gasteiger partial charge on any atom is 0.127 e. The Bertz CT molecular complexity index is 1090. The van der Waals surface area contributed by atoms with Gasteiger partial charge in [-0.1, -0.05) is 73.2 Å². The molecule has 0 radical (unpaired) electrons. The number of rotatable bonds is 4. The van der Waals surface area contributed by atoms with Crippen LogP contribution in [0.4, 0.5) is 4.39 Å². The van der Waals surface area contributed by atoms with E-state index in [4.69, 9.17) is 4.74 Å². The lowest BCUT2D eigenvalue weighted by atomic mass is 9.73. The predicted molar refractivity (Wildman–Crippen MR) is 145 cm³/mol. The summed E-state index contributed by atoms with van der Waals surface area (Å²) in [5.41, 5.74) is 3.76. The number of likely N-dealkylation sites (tertiary alicyclic amines) is 1. The minimum Gasteiger partial charge on any atom is -0.492 e. The van der Waals surface area contributed by atoms with Crippen LogP contribution in [0.1, 0.15) is 48.8 Å². The topological polar surface area (TPSA) is 15.7 Å². The van der Waals surface area contributed by atoms with E-state index in [1.807, 2.05) is 12.1 Å². The molecule has 1 fully saturated rings. The molecule has 4 heteroatoms. The van der Waals surface area contributed by atoms with Gasteiger partial charge in [-0.05, 0) is 73.9 Å². The number of para-hydroxylation sites is 1. The number of piperidine rings is 1. The first-order chi connectivity index (χ1) is 17.7. The highest BCUT2D eigenvalue weighted by Crippen LogP contribution is 2.39. The highest BCUT2D eigenvalue weighted by Gasteiger charge is 2.36. The smallest absolute Gasteiger partial charge is 0.127 e. The average Bonchev–Trinajstić information content (AvgIpc) is 2.90. The van der Waals surface area contributed by atoms with Gasteiger partial charge < -0.3 is 4.74 Å². The maximum atomic E-state index is 14.6. The molecular formula is C32H39FN2O. The molecule has 0 bridgehead atoms. The summed E-state index contributed by atoms with van der Waals surface area (Å²) < 4.78 is 20.9. The van der Waals surface area contributed by atoms with Crippen molar-refractivity contribution in [2.24, 2.45) is 5.41 Å². The fourth-order valence-corrected chi connectivity index (χ4v) is 6.02. The molecule has 0 N–H and O–H groups in total. The Labute approximate surface area is 215 Å². The number of aryl methyl sites for hydroxylation is 1. The quantitative estimate of drug-likeness (QED) is 0.407. The zero-order valence-electron chi connectivity index (χ0n) is 21.4. The van der Waals surface area contributed by atoms with Gasteiger partial charge in [-0.3, -0.25) is 9.80 Å². The van der Waals surface area contributed by atoms with Gasteiger partial charge in [0, 0.05) is 31.7 Å². The van der Waals surface area contributed by atoms with Gasteiger partial charge in [0.15, 0.2) is 0 Å². The van der Waals surface area contributed by atoms with E-state index in [9.17, 15) is 4.39 Å². The average molecular weight is 487 g/mol. The molecule has 0 unspecified atom stereocenters. The van der Waals surface area contributed by atoms with Crippen LogP contribution >= 0.6 is 0 Å². The Hall–Kier alpha value is -2.69. The molecule has 36 heavy (non-hydrogen) atoms. The summed E-state index contributed by atoms with van der Waals surface area (Å²) in [7, 11) is 0. The van der Waals surface area contributed by atoms with E-state index < -0.39 is 0 Å². The van der Waals surface area contributed by atoms with Crippen LogP contribution in [0.15, 0.2) is 78.9 Å². The van der Waals surface area contributed by atoms with Crippen molar-refractivity contribution in [2.45, 2.75) is 51.6 Å². The minimum absolute atomic E-state index is 0.110. The summed E-state index contributed by atoms with van der Waals surface area (Å²) in [6.45, 7) is 6.35. The number of nitrogens with zero attached hydrogens (tertiary/aromatic N) is 2. The molecule has 3 aromatic carbocycles. The monoisotopic (exact) mass is 486 g/mol. The summed E-state index contributed by atoms with van der Waals surface area (Å²) in [6, 6.07) is 26.5. The molecule has 190 valence electrons. The van der Waals surface area contributed by atoms with Crippen LogP contribution in [0.2, 0.25) is 0 Å². The number of hydrogen-bond donors (Lipinski definition) is 0. The molecule has 5 rings (SSSR count). The molecular weight excluding hydrogens is 447 g/mol. The summed E-state index contributed by atoms with van der Waals surface area (Å²) in [4.78, 5) is 5.06. The van der Waals surface area contributed by atoms with Crippen LogP contribution in [0, 0.1) is 11.2 Å². The molecule has 0 aliphatic carbocycles. The Kier molecular flexibility index (Phi) is 8.35. The Morgan fingerprint density at radius 2 is 1.47 bits per heavy atom. The molecule has 2 aliphatic rings. The molecule has 1 saturated heterocycles. The highest BCUT2D eigenvalue weighted by atomic mass is 19.1. The predicted octanol–water partition coefficient (Wildman–Crippen LogP) is 6.72. The number of hydrogen-bond acceptors (Lipinski definition) is 3. The van der Waals surface area contributed by atoms with E-state index in [1.54, 1.807) is 12.1 Å². The molecule has 1 spiro atoms. The summed E-state index contributed by atoms with van der Waals surface area (Å²) in [5, 5.41) is 0. The summed E-state index contributed by atoms with van der Waals surface area (Å²) in [5.74, 6) is 0.898. The van der Waals surface area contributed by atoms with Crippen molar-refractivity contribution in [2.75, 3.05) is 32.8 Å². The van der Waals surface area contributed by atoms with Crippen LogP contribution < -0.4 is 4.74 Å². The van der Waals surface area contributed by atoms with E-state index in [2.05, 4.69) is 64.4 Å². The number of benzene rings is 3. The Morgan fingerprint density at radius 1 is 0.722 bits per heavy atom. The van der Waals surface area contributed by atoms with E-state index in [0.29, 0.717) is 13.2 Å². The van der Waals surface area contributed by atoms with Crippen molar-refractivity contribution in [1.82, 2.24) is 9.80 Å². The van der Waals surface area contributed by atoms with Crippen LogP contribution in [0.3, 0.4) is 0 Å². The Morgan fingerprint density at radius 3 is 2.31 bits per heavy atom. The zero-order chi connectivity index (χ0) is 24.6. The van der Waals surface area contributed by atoms with Gasteiger partial charge in [-0.2, -0.15) is 0 Å². The van der Waals surface area contributed by atoms with Crippen molar-refractivity contribution in [3.63, 3.8) is 0 Å². The van der Waals surface area contributed by atoms with E-state index in [1.165, 1.54) is 43.2 Å². The van der Waals surface area contributed by atoms with Crippen LogP contribution in [-0.2, 0) is 19.5 Å². The van der Waals surface area contributed by atoms with E-state index in [0.717, 1.165) is 50.5 Å². The largest absolute Gasteiger partial charge is 0.492 e. The maximum absolute atomic E-state index is 14.6. The third-order valence-corrected chi connectivity index (χ3v) is 8.12.